The lowest BCUT2D eigenvalue weighted by Crippen LogP contribution is -1.83. The topological polar surface area (TPSA) is 0 Å². The Morgan fingerprint density at radius 1 is 0.500 bits per heavy atom. The molecule has 5 aromatic carbocycles. The molecule has 1 aromatic heterocycles. The highest BCUT2D eigenvalue weighted by Gasteiger charge is 2.20. The highest BCUT2D eigenvalue weighted by Crippen LogP contribution is 2.50. The maximum absolute atomic E-state index is 3.60. The minimum absolute atomic E-state index is 1.10. The first-order valence-corrected chi connectivity index (χ1v) is 11.6. The zero-order chi connectivity index (χ0) is 20.1. The summed E-state index contributed by atoms with van der Waals surface area (Å²) in [5.41, 5.74) is 3.85. The van der Waals surface area contributed by atoms with Crippen molar-refractivity contribution in [3.8, 4) is 21.6 Å². The van der Waals surface area contributed by atoms with Crippen LogP contribution in [0.15, 0.2) is 108 Å². The third-order valence-corrected chi connectivity index (χ3v) is 7.54. The molecule has 0 unspecified atom stereocenters. The Balaban J connectivity index is 1.87. The van der Waals surface area contributed by atoms with Crippen molar-refractivity contribution < 1.29 is 0 Å². The Hall–Kier alpha value is -2.94. The second-order valence-corrected chi connectivity index (χ2v) is 9.41. The summed E-state index contributed by atoms with van der Waals surface area (Å²) in [6.45, 7) is 0. The fourth-order valence-corrected chi connectivity index (χ4v) is 6.06. The Morgan fingerprint density at radius 3 is 1.77 bits per heavy atom. The van der Waals surface area contributed by atoms with Gasteiger partial charge in [0.05, 0.1) is 0 Å². The molecular weight excluding hydrogens is 448 g/mol. The molecule has 6 aromatic rings. The van der Waals surface area contributed by atoms with E-state index in [9.17, 15) is 0 Å². The van der Waals surface area contributed by atoms with E-state index >= 15 is 0 Å². The van der Waals surface area contributed by atoms with Gasteiger partial charge in [-0.1, -0.05) is 107 Å². The van der Waals surface area contributed by atoms with Crippen molar-refractivity contribution in [1.29, 1.82) is 0 Å². The molecule has 0 N–H and O–H groups in total. The van der Waals surface area contributed by atoms with Crippen LogP contribution in [-0.4, -0.2) is 0 Å². The molecule has 0 fully saturated rings. The van der Waals surface area contributed by atoms with Crippen LogP contribution in [0.2, 0.25) is 0 Å². The predicted octanol–water partition coefficient (Wildman–Crippen LogP) is 9.30. The third kappa shape index (κ3) is 2.72. The van der Waals surface area contributed by atoms with Gasteiger partial charge in [-0.25, -0.2) is 0 Å². The van der Waals surface area contributed by atoms with Gasteiger partial charge in [-0.2, -0.15) is 0 Å². The first-order chi connectivity index (χ1) is 14.8. The lowest BCUT2D eigenvalue weighted by molar-refractivity contribution is 1.63. The SMILES string of the molecule is Brc1ccc(-c2c(-c3ccccc3)sc3c4ccccc4c4ccccc4c23)cc1. The monoisotopic (exact) mass is 464 g/mol. The molecule has 0 aliphatic rings. The fraction of sp³-hybridized carbons (Fsp3) is 0. The van der Waals surface area contributed by atoms with Gasteiger partial charge in [0.1, 0.15) is 0 Å². The van der Waals surface area contributed by atoms with Gasteiger partial charge in [0.25, 0.3) is 0 Å². The Kier molecular flexibility index (Phi) is 4.22. The van der Waals surface area contributed by atoms with E-state index in [-0.39, 0.29) is 0 Å². The Labute approximate surface area is 187 Å². The number of thiophene rings is 1. The van der Waals surface area contributed by atoms with Gasteiger partial charge in [-0.3, -0.25) is 0 Å². The van der Waals surface area contributed by atoms with E-state index in [2.05, 4.69) is 119 Å². The summed E-state index contributed by atoms with van der Waals surface area (Å²) in [4.78, 5) is 1.33. The number of hydrogen-bond acceptors (Lipinski definition) is 1. The van der Waals surface area contributed by atoms with Crippen LogP contribution < -0.4 is 0 Å². The smallest absolute Gasteiger partial charge is 0.0440 e. The van der Waals surface area contributed by atoms with E-state index in [1.54, 1.807) is 0 Å². The van der Waals surface area contributed by atoms with Crippen LogP contribution in [0.5, 0.6) is 0 Å². The van der Waals surface area contributed by atoms with E-state index in [1.165, 1.54) is 53.2 Å². The summed E-state index contributed by atoms with van der Waals surface area (Å²) in [6.07, 6.45) is 0. The molecule has 0 saturated carbocycles. The molecule has 142 valence electrons. The zero-order valence-electron chi connectivity index (χ0n) is 16.1. The molecular formula is C28H17BrS. The second kappa shape index (κ2) is 7.09. The lowest BCUT2D eigenvalue weighted by atomic mass is 9.92. The highest BCUT2D eigenvalue weighted by molar-refractivity contribution is 9.10. The quantitative estimate of drug-likeness (QED) is 0.224. The average Bonchev–Trinajstić information content (AvgIpc) is 3.21. The number of halogens is 1. The van der Waals surface area contributed by atoms with E-state index in [0.717, 1.165) is 4.47 Å². The van der Waals surface area contributed by atoms with E-state index in [4.69, 9.17) is 0 Å². The Morgan fingerprint density at radius 2 is 1.07 bits per heavy atom. The molecule has 0 aliphatic carbocycles. The lowest BCUT2D eigenvalue weighted by Gasteiger charge is -2.10. The zero-order valence-corrected chi connectivity index (χ0v) is 18.5. The number of fused-ring (bicyclic) bond motifs is 6. The maximum Gasteiger partial charge on any atom is 0.0440 e. The van der Waals surface area contributed by atoms with Crippen LogP contribution in [0.1, 0.15) is 0 Å². The van der Waals surface area contributed by atoms with Gasteiger partial charge in [0.2, 0.25) is 0 Å². The van der Waals surface area contributed by atoms with Crippen molar-refractivity contribution in [3.63, 3.8) is 0 Å². The van der Waals surface area contributed by atoms with Gasteiger partial charge in [-0.05, 0) is 39.4 Å². The summed E-state index contributed by atoms with van der Waals surface area (Å²) in [7, 11) is 0. The van der Waals surface area contributed by atoms with Crippen LogP contribution in [-0.2, 0) is 0 Å². The van der Waals surface area contributed by atoms with Crippen LogP contribution in [0.25, 0.3) is 53.2 Å². The van der Waals surface area contributed by atoms with Crippen molar-refractivity contribution in [2.75, 3.05) is 0 Å². The van der Waals surface area contributed by atoms with Gasteiger partial charge < -0.3 is 0 Å². The van der Waals surface area contributed by atoms with Crippen molar-refractivity contribution in [1.82, 2.24) is 0 Å². The molecule has 0 nitrogen and oxygen atoms in total. The molecule has 1 heterocycles. The number of rotatable bonds is 2. The largest absolute Gasteiger partial charge is 0.134 e. The molecule has 0 spiro atoms. The second-order valence-electron chi connectivity index (χ2n) is 7.47. The highest BCUT2D eigenvalue weighted by atomic mass is 79.9. The van der Waals surface area contributed by atoms with Crippen LogP contribution >= 0.6 is 27.3 Å². The van der Waals surface area contributed by atoms with Gasteiger partial charge in [-0.15, -0.1) is 11.3 Å². The van der Waals surface area contributed by atoms with Crippen molar-refractivity contribution in [2.24, 2.45) is 0 Å². The summed E-state index contributed by atoms with van der Waals surface area (Å²) >= 11 is 5.51. The Bertz CT molecular complexity index is 1530. The summed E-state index contributed by atoms with van der Waals surface area (Å²) in [6, 6.07) is 37.1. The third-order valence-electron chi connectivity index (χ3n) is 5.74. The summed E-state index contributed by atoms with van der Waals surface area (Å²) in [5.74, 6) is 0. The van der Waals surface area contributed by atoms with Gasteiger partial charge >= 0.3 is 0 Å². The standard InChI is InChI=1S/C28H17BrS/c29-20-16-14-18(15-17-20)25-26-23-12-6-4-10-21(23)22-11-5-7-13-24(22)28(26)30-27(25)19-8-2-1-3-9-19/h1-17H. The summed E-state index contributed by atoms with van der Waals surface area (Å²) < 4.78 is 2.46. The average molecular weight is 465 g/mol. The predicted molar refractivity (Wildman–Crippen MR) is 135 cm³/mol. The van der Waals surface area contributed by atoms with Crippen molar-refractivity contribution in [3.05, 3.63) is 108 Å². The molecule has 0 amide bonds. The van der Waals surface area contributed by atoms with Crippen LogP contribution in [0.3, 0.4) is 0 Å². The van der Waals surface area contributed by atoms with Crippen LogP contribution in [0, 0.1) is 0 Å². The molecule has 2 heteroatoms. The maximum atomic E-state index is 3.60. The minimum Gasteiger partial charge on any atom is -0.134 e. The van der Waals surface area contributed by atoms with Gasteiger partial charge in [0.15, 0.2) is 0 Å². The molecule has 0 saturated heterocycles. The van der Waals surface area contributed by atoms with E-state index in [1.807, 2.05) is 11.3 Å². The number of benzene rings is 5. The normalized spacial score (nSPS) is 11.5. The first kappa shape index (κ1) is 17.9. The first-order valence-electron chi connectivity index (χ1n) is 9.98. The molecule has 0 atom stereocenters. The minimum atomic E-state index is 1.10. The molecule has 0 bridgehead atoms. The van der Waals surface area contributed by atoms with Crippen molar-refractivity contribution >= 4 is 58.9 Å². The fourth-order valence-electron chi connectivity index (χ4n) is 4.41. The van der Waals surface area contributed by atoms with Gasteiger partial charge in [0, 0.05) is 30.4 Å². The van der Waals surface area contributed by atoms with Crippen molar-refractivity contribution in [2.45, 2.75) is 0 Å². The molecule has 0 aliphatic heterocycles. The summed E-state index contributed by atoms with van der Waals surface area (Å²) in [5, 5.41) is 6.65. The molecule has 0 radical (unpaired) electrons. The van der Waals surface area contributed by atoms with E-state index < -0.39 is 0 Å². The van der Waals surface area contributed by atoms with E-state index in [0.29, 0.717) is 0 Å². The molecule has 30 heavy (non-hydrogen) atoms. The number of hydrogen-bond donors (Lipinski definition) is 0. The van der Waals surface area contributed by atoms with Crippen LogP contribution in [0.4, 0.5) is 0 Å². The molecule has 6 rings (SSSR count).